The quantitative estimate of drug-likeness (QED) is 0.345. The van der Waals surface area contributed by atoms with Gasteiger partial charge in [-0.25, -0.2) is 0 Å². The second kappa shape index (κ2) is 8.60. The minimum absolute atomic E-state index is 0.0444. The van der Waals surface area contributed by atoms with Crippen LogP contribution in [0.25, 0.3) is 0 Å². The van der Waals surface area contributed by atoms with Gasteiger partial charge in [-0.1, -0.05) is 18.1 Å². The van der Waals surface area contributed by atoms with Gasteiger partial charge in [-0.2, -0.15) is 39.5 Å². The average molecular weight is 380 g/mol. The van der Waals surface area contributed by atoms with Gasteiger partial charge in [-0.05, 0) is 0 Å². The predicted octanol–water partition coefficient (Wildman–Crippen LogP) is 3.24. The van der Waals surface area contributed by atoms with Crippen LogP contribution in [0.4, 0.5) is 39.5 Å². The van der Waals surface area contributed by atoms with E-state index in [2.05, 4.69) is 0 Å². The summed E-state index contributed by atoms with van der Waals surface area (Å²) in [6, 6.07) is -0.535. The summed E-state index contributed by atoms with van der Waals surface area (Å²) in [7, 11) is -4.33. The van der Waals surface area contributed by atoms with Crippen molar-refractivity contribution in [2.24, 2.45) is 0 Å². The first-order valence-electron chi connectivity index (χ1n) is 6.49. The maximum absolute atomic E-state index is 12.1. The highest BCUT2D eigenvalue weighted by Gasteiger charge is 2.32. The van der Waals surface area contributed by atoms with Gasteiger partial charge in [0, 0.05) is 45.2 Å². The fourth-order valence-electron chi connectivity index (χ4n) is 1.93. The summed E-state index contributed by atoms with van der Waals surface area (Å²) in [4.78, 5) is 0. The lowest BCUT2D eigenvalue weighted by Crippen LogP contribution is -2.30. The van der Waals surface area contributed by atoms with Crippen molar-refractivity contribution < 1.29 is 39.5 Å². The SMILES string of the molecule is FC(F)(F)CC[SiH2][SiH2][SiH](CCC(F)(F)F)CCC(F)(F)F. The Morgan fingerprint density at radius 1 is 0.619 bits per heavy atom. The first kappa shape index (κ1) is 21.0. The van der Waals surface area contributed by atoms with Gasteiger partial charge in [0.2, 0.25) is 0 Å². The van der Waals surface area contributed by atoms with Gasteiger partial charge in [0.25, 0.3) is 0 Å². The molecule has 0 aliphatic rings. The van der Waals surface area contributed by atoms with E-state index < -0.39 is 63.7 Å². The zero-order valence-electron chi connectivity index (χ0n) is 11.1. The molecule has 0 nitrogen and oxygen atoms in total. The Bertz CT molecular complexity index is 266. The Kier molecular flexibility index (Phi) is 8.61. The van der Waals surface area contributed by atoms with Gasteiger partial charge in [0.15, 0.2) is 0 Å². The second-order valence-electron chi connectivity index (χ2n) is 5.03. The van der Waals surface area contributed by atoms with E-state index in [1.54, 1.807) is 0 Å². The van der Waals surface area contributed by atoms with Crippen LogP contribution in [0.15, 0.2) is 0 Å². The summed E-state index contributed by atoms with van der Waals surface area (Å²) in [5.74, 6) is 0. The van der Waals surface area contributed by atoms with E-state index in [0.29, 0.717) is 0 Å². The summed E-state index contributed by atoms with van der Waals surface area (Å²) in [5.41, 5.74) is 0. The molecule has 0 unspecified atom stereocenters. The molecule has 0 heterocycles. The third-order valence-electron chi connectivity index (χ3n) is 2.99. The molecule has 0 aliphatic carbocycles. The molecule has 0 amide bonds. The topological polar surface area (TPSA) is 0 Å². The number of halogens is 9. The van der Waals surface area contributed by atoms with Gasteiger partial charge >= 0.3 is 18.5 Å². The van der Waals surface area contributed by atoms with Crippen molar-refractivity contribution in [3.05, 3.63) is 0 Å². The van der Waals surface area contributed by atoms with Crippen molar-refractivity contribution >= 4 is 25.9 Å². The fraction of sp³-hybridized carbons (Fsp3) is 1.00. The van der Waals surface area contributed by atoms with E-state index >= 15 is 0 Å². The average Bonchev–Trinajstić information content (AvgIpc) is 2.22. The van der Waals surface area contributed by atoms with Gasteiger partial charge < -0.3 is 0 Å². The molecular formula is C9H17F9Si3. The molecule has 12 heteroatoms. The maximum Gasteiger partial charge on any atom is 0.388 e. The zero-order chi connectivity index (χ0) is 16.7. The minimum Gasteiger partial charge on any atom is -0.171 e. The van der Waals surface area contributed by atoms with Gasteiger partial charge in [-0.3, -0.25) is 0 Å². The van der Waals surface area contributed by atoms with E-state index in [0.717, 1.165) is 0 Å². The molecule has 0 aromatic rings. The van der Waals surface area contributed by atoms with Crippen LogP contribution in [0.3, 0.4) is 0 Å². The lowest BCUT2D eigenvalue weighted by molar-refractivity contribution is -0.132. The molecule has 0 radical (unpaired) electrons. The Morgan fingerprint density at radius 2 is 1.00 bits per heavy atom. The Labute approximate surface area is 122 Å². The molecule has 0 aliphatic heterocycles. The minimum atomic E-state index is -4.40. The van der Waals surface area contributed by atoms with Crippen LogP contribution in [0, 0.1) is 0 Å². The van der Waals surface area contributed by atoms with Crippen LogP contribution < -0.4 is 0 Å². The van der Waals surface area contributed by atoms with E-state index in [-0.39, 0.29) is 18.1 Å². The maximum atomic E-state index is 12.1. The van der Waals surface area contributed by atoms with Crippen LogP contribution in [0.5, 0.6) is 0 Å². The lowest BCUT2D eigenvalue weighted by Gasteiger charge is -2.17. The lowest BCUT2D eigenvalue weighted by atomic mass is 10.5. The number of hydrogen-bond acceptors (Lipinski definition) is 0. The largest absolute Gasteiger partial charge is 0.388 e. The third-order valence-corrected chi connectivity index (χ3v) is 25.9. The van der Waals surface area contributed by atoms with Crippen LogP contribution in [-0.4, -0.2) is 44.4 Å². The van der Waals surface area contributed by atoms with Gasteiger partial charge in [-0.15, -0.1) is 0 Å². The highest BCUT2D eigenvalue weighted by atomic mass is 29.5. The van der Waals surface area contributed by atoms with E-state index in [1.807, 2.05) is 0 Å². The van der Waals surface area contributed by atoms with Crippen LogP contribution in [0.1, 0.15) is 19.3 Å². The molecule has 0 aromatic heterocycles. The molecule has 0 bridgehead atoms. The summed E-state index contributed by atoms with van der Waals surface area (Å²) >= 11 is 0. The number of rotatable bonds is 8. The highest BCUT2D eigenvalue weighted by molar-refractivity contribution is 7.35. The van der Waals surface area contributed by atoms with Crippen LogP contribution in [0.2, 0.25) is 18.1 Å². The molecular weight excluding hydrogens is 363 g/mol. The molecule has 0 N–H and O–H groups in total. The van der Waals surface area contributed by atoms with Gasteiger partial charge in [0.1, 0.15) is 0 Å². The molecule has 0 atom stereocenters. The number of hydrogen-bond donors (Lipinski definition) is 0. The Balaban J connectivity index is 4.18. The smallest absolute Gasteiger partial charge is 0.171 e. The van der Waals surface area contributed by atoms with Crippen molar-refractivity contribution in [3.8, 4) is 0 Å². The molecule has 128 valence electrons. The predicted molar refractivity (Wildman–Crippen MR) is 70.7 cm³/mol. The van der Waals surface area contributed by atoms with Crippen molar-refractivity contribution in [2.45, 2.75) is 55.9 Å². The molecule has 0 rings (SSSR count). The first-order valence-corrected chi connectivity index (χ1v) is 16.4. The van der Waals surface area contributed by atoms with E-state index in [1.165, 1.54) is 0 Å². The standard InChI is InChI=1S/C9H17F9Si3/c10-7(11,12)1-4-19-20-21(5-2-8(13,14)15)6-3-9(16,17)18/h21H,1-6,19-20H2. The Hall–Kier alpha value is 0.0206. The Morgan fingerprint density at radius 3 is 1.33 bits per heavy atom. The summed E-state index contributed by atoms with van der Waals surface area (Å²) in [6.45, 7) is 0. The van der Waals surface area contributed by atoms with E-state index in [9.17, 15) is 39.5 Å². The number of alkyl halides is 9. The summed E-state index contributed by atoms with van der Waals surface area (Å²) < 4.78 is 108. The van der Waals surface area contributed by atoms with Crippen molar-refractivity contribution in [2.75, 3.05) is 0 Å². The zero-order valence-corrected chi connectivity index (χ0v) is 15.1. The van der Waals surface area contributed by atoms with Crippen LogP contribution in [-0.2, 0) is 0 Å². The molecule has 0 fully saturated rings. The van der Waals surface area contributed by atoms with Crippen LogP contribution >= 0.6 is 0 Å². The van der Waals surface area contributed by atoms with Crippen molar-refractivity contribution in [3.63, 3.8) is 0 Å². The summed E-state index contributed by atoms with van der Waals surface area (Å²) in [6.07, 6.45) is -16.2. The van der Waals surface area contributed by atoms with Gasteiger partial charge in [0.05, 0.1) is 0 Å². The highest BCUT2D eigenvalue weighted by Crippen LogP contribution is 2.27. The fourth-order valence-corrected chi connectivity index (χ4v) is 25.1. The normalized spacial score (nSPS) is 15.1. The molecule has 0 saturated heterocycles. The van der Waals surface area contributed by atoms with Crippen molar-refractivity contribution in [1.29, 1.82) is 0 Å². The van der Waals surface area contributed by atoms with E-state index in [4.69, 9.17) is 0 Å². The summed E-state index contributed by atoms with van der Waals surface area (Å²) in [5, 5.41) is 0. The molecule has 0 spiro atoms. The molecule has 0 saturated carbocycles. The molecule has 21 heavy (non-hydrogen) atoms. The second-order valence-corrected chi connectivity index (χ2v) is 22.4. The molecule has 0 aromatic carbocycles. The van der Waals surface area contributed by atoms with Crippen molar-refractivity contribution in [1.82, 2.24) is 0 Å². The monoisotopic (exact) mass is 380 g/mol. The third kappa shape index (κ3) is 16.2. The first-order chi connectivity index (χ1) is 9.29.